The predicted octanol–water partition coefficient (Wildman–Crippen LogP) is 5.30. The zero-order valence-electron chi connectivity index (χ0n) is 16.1. The average molecular weight is 540 g/mol. The molecule has 2 aromatic rings. The second-order valence-electron chi connectivity index (χ2n) is 7.23. The fraction of sp³-hybridized carbons (Fsp3) is 0.350. The van der Waals surface area contributed by atoms with Gasteiger partial charge in [-0.2, -0.15) is 13.2 Å². The summed E-state index contributed by atoms with van der Waals surface area (Å²) in [5.74, 6) is -1.31. The van der Waals surface area contributed by atoms with E-state index in [2.05, 4.69) is 21.2 Å². The van der Waals surface area contributed by atoms with Crippen molar-refractivity contribution in [3.8, 4) is 0 Å². The van der Waals surface area contributed by atoms with Gasteiger partial charge in [-0.05, 0) is 48.7 Å². The Morgan fingerprint density at radius 3 is 2.32 bits per heavy atom. The highest BCUT2D eigenvalue weighted by molar-refractivity contribution is 9.10. The molecule has 1 saturated heterocycles. The molecule has 0 atom stereocenters. The summed E-state index contributed by atoms with van der Waals surface area (Å²) in [6.07, 6.45) is -4.22. The predicted molar refractivity (Wildman–Crippen MR) is 116 cm³/mol. The van der Waals surface area contributed by atoms with E-state index in [0.717, 1.165) is 16.6 Å². The Hall–Kier alpha value is -1.62. The Bertz CT molecular complexity index is 1050. The molecule has 3 rings (SSSR count). The Morgan fingerprint density at radius 1 is 1.13 bits per heavy atom. The number of piperidine rings is 1. The molecule has 11 heteroatoms. The molecule has 0 aromatic heterocycles. The summed E-state index contributed by atoms with van der Waals surface area (Å²) >= 11 is 8.95. The van der Waals surface area contributed by atoms with E-state index in [1.54, 1.807) is 24.3 Å². The number of carbonyl (C=O) groups is 1. The van der Waals surface area contributed by atoms with Gasteiger partial charge in [-0.15, -0.1) is 0 Å². The van der Waals surface area contributed by atoms with Crippen molar-refractivity contribution < 1.29 is 26.4 Å². The van der Waals surface area contributed by atoms with Gasteiger partial charge < -0.3 is 5.32 Å². The molecule has 1 aliphatic heterocycles. The normalized spacial score (nSPS) is 16.3. The third-order valence-electron chi connectivity index (χ3n) is 5.03. The summed E-state index contributed by atoms with van der Waals surface area (Å²) in [4.78, 5) is 12.5. The number of amides is 1. The highest BCUT2D eigenvalue weighted by Crippen LogP contribution is 2.37. The van der Waals surface area contributed by atoms with Crippen molar-refractivity contribution in [3.05, 3.63) is 63.1 Å². The second kappa shape index (κ2) is 9.48. The van der Waals surface area contributed by atoms with Gasteiger partial charge in [-0.3, -0.25) is 4.79 Å². The minimum atomic E-state index is -4.67. The molecular weight excluding hydrogens is 521 g/mol. The van der Waals surface area contributed by atoms with E-state index >= 15 is 0 Å². The first-order chi connectivity index (χ1) is 14.5. The number of carbonyl (C=O) groups excluding carboxylic acids is 1. The lowest BCUT2D eigenvalue weighted by Gasteiger charge is -2.30. The molecule has 0 bridgehead atoms. The third kappa shape index (κ3) is 6.21. The lowest BCUT2D eigenvalue weighted by atomic mass is 9.97. The molecule has 1 aliphatic rings. The molecule has 1 N–H and O–H groups in total. The van der Waals surface area contributed by atoms with Gasteiger partial charge in [0.25, 0.3) is 0 Å². The number of nitrogens with zero attached hydrogens (tertiary/aromatic N) is 1. The number of hydrogen-bond donors (Lipinski definition) is 1. The van der Waals surface area contributed by atoms with Crippen LogP contribution in [0.25, 0.3) is 0 Å². The van der Waals surface area contributed by atoms with Crippen LogP contribution in [-0.4, -0.2) is 31.7 Å². The van der Waals surface area contributed by atoms with Crippen molar-refractivity contribution >= 4 is 49.1 Å². The fourth-order valence-electron chi connectivity index (χ4n) is 3.37. The minimum Gasteiger partial charge on any atom is -0.325 e. The standard InChI is InChI=1S/C20H19BrClF3N2O3S/c21-15-3-1-13(2-4-15)12-31(29,30)27-9-7-14(8-10-27)19(28)26-18-6-5-16(22)11-17(18)20(23,24)25/h1-6,11,14H,7-10,12H2,(H,26,28). The van der Waals surface area contributed by atoms with Crippen molar-refractivity contribution in [2.75, 3.05) is 18.4 Å². The summed E-state index contributed by atoms with van der Waals surface area (Å²) in [7, 11) is -3.57. The Kier molecular flexibility index (Phi) is 7.35. The fourth-order valence-corrected chi connectivity index (χ4v) is 5.37. The summed E-state index contributed by atoms with van der Waals surface area (Å²) < 4.78 is 67.2. The van der Waals surface area contributed by atoms with E-state index < -0.39 is 33.6 Å². The van der Waals surface area contributed by atoms with Crippen molar-refractivity contribution in [2.45, 2.75) is 24.8 Å². The summed E-state index contributed by atoms with van der Waals surface area (Å²) in [5.41, 5.74) is -0.750. The maximum atomic E-state index is 13.2. The zero-order chi connectivity index (χ0) is 22.8. The van der Waals surface area contributed by atoms with Crippen LogP contribution in [-0.2, 0) is 26.7 Å². The molecule has 5 nitrogen and oxygen atoms in total. The van der Waals surface area contributed by atoms with Gasteiger partial charge >= 0.3 is 6.18 Å². The highest BCUT2D eigenvalue weighted by Gasteiger charge is 2.36. The van der Waals surface area contributed by atoms with Gasteiger partial charge in [-0.25, -0.2) is 12.7 Å². The number of anilines is 1. The maximum absolute atomic E-state index is 13.2. The largest absolute Gasteiger partial charge is 0.418 e. The molecule has 0 aliphatic carbocycles. The van der Waals surface area contributed by atoms with E-state index in [4.69, 9.17) is 11.6 Å². The first kappa shape index (κ1) is 24.0. The van der Waals surface area contributed by atoms with E-state index in [9.17, 15) is 26.4 Å². The SMILES string of the molecule is O=C(Nc1ccc(Cl)cc1C(F)(F)F)C1CCN(S(=O)(=O)Cc2ccc(Br)cc2)CC1. The molecule has 1 fully saturated rings. The molecular formula is C20H19BrClF3N2O3S. The minimum absolute atomic E-state index is 0.0883. The smallest absolute Gasteiger partial charge is 0.325 e. The number of sulfonamides is 1. The quantitative estimate of drug-likeness (QED) is 0.561. The molecule has 1 heterocycles. The molecule has 168 valence electrons. The van der Waals surface area contributed by atoms with Crippen LogP contribution >= 0.6 is 27.5 Å². The second-order valence-corrected chi connectivity index (χ2v) is 10.6. The molecule has 0 unspecified atom stereocenters. The maximum Gasteiger partial charge on any atom is 0.418 e. The van der Waals surface area contributed by atoms with Crippen LogP contribution in [0.2, 0.25) is 5.02 Å². The number of alkyl halides is 3. The third-order valence-corrected chi connectivity index (χ3v) is 7.64. The lowest BCUT2D eigenvalue weighted by Crippen LogP contribution is -2.42. The number of hydrogen-bond acceptors (Lipinski definition) is 3. The van der Waals surface area contributed by atoms with Gasteiger partial charge in [0, 0.05) is 28.5 Å². The monoisotopic (exact) mass is 538 g/mol. The number of rotatable bonds is 5. The summed E-state index contributed by atoms with van der Waals surface area (Å²) in [6, 6.07) is 10.1. The number of benzene rings is 2. The molecule has 2 aromatic carbocycles. The van der Waals surface area contributed by atoms with Crippen LogP contribution in [0.1, 0.15) is 24.0 Å². The van der Waals surface area contributed by atoms with Crippen LogP contribution in [0.3, 0.4) is 0 Å². The Balaban J connectivity index is 1.62. The highest BCUT2D eigenvalue weighted by atomic mass is 79.9. The molecule has 31 heavy (non-hydrogen) atoms. The van der Waals surface area contributed by atoms with E-state index in [1.165, 1.54) is 10.4 Å². The first-order valence-electron chi connectivity index (χ1n) is 9.35. The van der Waals surface area contributed by atoms with Crippen LogP contribution in [0.4, 0.5) is 18.9 Å². The van der Waals surface area contributed by atoms with Crippen LogP contribution in [0, 0.1) is 5.92 Å². The molecule has 0 radical (unpaired) electrons. The van der Waals surface area contributed by atoms with Gasteiger partial charge in [0.2, 0.25) is 15.9 Å². The van der Waals surface area contributed by atoms with Gasteiger partial charge in [0.05, 0.1) is 17.0 Å². The number of halogens is 5. The van der Waals surface area contributed by atoms with Crippen molar-refractivity contribution in [1.82, 2.24) is 4.31 Å². The van der Waals surface area contributed by atoms with Gasteiger partial charge in [0.15, 0.2) is 0 Å². The molecule has 0 spiro atoms. The van der Waals surface area contributed by atoms with Crippen molar-refractivity contribution in [3.63, 3.8) is 0 Å². The Morgan fingerprint density at radius 2 is 1.74 bits per heavy atom. The molecule has 0 saturated carbocycles. The zero-order valence-corrected chi connectivity index (χ0v) is 19.3. The average Bonchev–Trinajstić information content (AvgIpc) is 2.70. The first-order valence-corrected chi connectivity index (χ1v) is 12.1. The molecule has 1 amide bonds. The van der Waals surface area contributed by atoms with E-state index in [0.29, 0.717) is 5.56 Å². The topological polar surface area (TPSA) is 66.5 Å². The van der Waals surface area contributed by atoms with Crippen LogP contribution in [0.15, 0.2) is 46.9 Å². The number of nitrogens with one attached hydrogen (secondary N) is 1. The van der Waals surface area contributed by atoms with Crippen LogP contribution < -0.4 is 5.32 Å². The van der Waals surface area contributed by atoms with Crippen molar-refractivity contribution in [1.29, 1.82) is 0 Å². The van der Waals surface area contributed by atoms with E-state index in [1.807, 2.05) is 0 Å². The Labute approximate surface area is 191 Å². The van der Waals surface area contributed by atoms with E-state index in [-0.39, 0.29) is 42.4 Å². The van der Waals surface area contributed by atoms with Gasteiger partial charge in [0.1, 0.15) is 0 Å². The van der Waals surface area contributed by atoms with Crippen LogP contribution in [0.5, 0.6) is 0 Å². The summed E-state index contributed by atoms with van der Waals surface area (Å²) in [5, 5.41) is 2.23. The van der Waals surface area contributed by atoms with Crippen molar-refractivity contribution in [2.24, 2.45) is 5.92 Å². The lowest BCUT2D eigenvalue weighted by molar-refractivity contribution is -0.137. The van der Waals surface area contributed by atoms with Gasteiger partial charge in [-0.1, -0.05) is 39.7 Å². The summed E-state index contributed by atoms with van der Waals surface area (Å²) in [6.45, 7) is 0.257.